The quantitative estimate of drug-likeness (QED) is 0.460. The molecule has 0 amide bonds. The van der Waals surface area contributed by atoms with Crippen molar-refractivity contribution in [3.8, 4) is 5.75 Å². The van der Waals surface area contributed by atoms with Crippen LogP contribution in [0.1, 0.15) is 63.5 Å². The van der Waals surface area contributed by atoms with Crippen molar-refractivity contribution in [2.45, 2.75) is 70.7 Å². The molecule has 2 fully saturated rings. The van der Waals surface area contributed by atoms with Crippen molar-refractivity contribution in [1.29, 1.82) is 0 Å². The second-order valence-corrected chi connectivity index (χ2v) is 8.87. The molecule has 1 aromatic carbocycles. The molecule has 28 heavy (non-hydrogen) atoms. The van der Waals surface area contributed by atoms with Gasteiger partial charge < -0.3 is 19.7 Å². The monoisotopic (exact) mass is 388 g/mol. The van der Waals surface area contributed by atoms with E-state index in [1.807, 2.05) is 19.1 Å². The zero-order valence-electron chi connectivity index (χ0n) is 16.6. The van der Waals surface area contributed by atoms with E-state index < -0.39 is 23.3 Å². The van der Waals surface area contributed by atoms with Crippen molar-refractivity contribution in [3.63, 3.8) is 0 Å². The highest BCUT2D eigenvalue weighted by molar-refractivity contribution is 5.69. The highest BCUT2D eigenvalue weighted by Crippen LogP contribution is 2.64. The van der Waals surface area contributed by atoms with E-state index in [2.05, 4.69) is 6.07 Å². The average Bonchev–Trinajstić information content (AvgIpc) is 2.80. The SMILES string of the molecule is CC(=O)Oc1ccc2c(c1)CC[C@@H]1[C@@H]2CC[C@@]2(C)[C@H]1C[C@@H](O)[C@]2(O)OC(C)=O. The Morgan fingerprint density at radius 3 is 2.61 bits per heavy atom. The summed E-state index contributed by atoms with van der Waals surface area (Å²) < 4.78 is 10.5. The molecule has 2 N–H and O–H groups in total. The Hall–Kier alpha value is -1.92. The fourth-order valence-electron chi connectivity index (χ4n) is 6.17. The predicted octanol–water partition coefficient (Wildman–Crippen LogP) is 2.69. The Morgan fingerprint density at radius 1 is 1.18 bits per heavy atom. The number of carbonyl (C=O) groups excluding carboxylic acids is 2. The maximum absolute atomic E-state index is 11.6. The molecular weight excluding hydrogens is 360 g/mol. The third-order valence-corrected chi connectivity index (χ3v) is 7.40. The van der Waals surface area contributed by atoms with Crippen LogP contribution in [0, 0.1) is 17.3 Å². The minimum Gasteiger partial charge on any atom is -0.430 e. The first-order valence-corrected chi connectivity index (χ1v) is 10.1. The molecule has 1 aromatic rings. The summed E-state index contributed by atoms with van der Waals surface area (Å²) in [6.45, 7) is 4.62. The first-order valence-electron chi connectivity index (χ1n) is 10.1. The van der Waals surface area contributed by atoms with Gasteiger partial charge in [-0.1, -0.05) is 13.0 Å². The largest absolute Gasteiger partial charge is 0.430 e. The minimum atomic E-state index is -1.83. The number of carbonyl (C=O) groups is 2. The number of ether oxygens (including phenoxy) is 2. The van der Waals surface area contributed by atoms with Gasteiger partial charge in [-0.25, -0.2) is 0 Å². The minimum absolute atomic E-state index is 0.0758. The van der Waals surface area contributed by atoms with Crippen molar-refractivity contribution in [2.75, 3.05) is 0 Å². The Morgan fingerprint density at radius 2 is 1.93 bits per heavy atom. The molecule has 152 valence electrons. The van der Waals surface area contributed by atoms with Crippen LogP contribution in [0.4, 0.5) is 0 Å². The lowest BCUT2D eigenvalue weighted by Gasteiger charge is -2.52. The van der Waals surface area contributed by atoms with E-state index in [0.29, 0.717) is 30.4 Å². The lowest BCUT2D eigenvalue weighted by atomic mass is 9.55. The molecule has 0 radical (unpaired) electrons. The van der Waals surface area contributed by atoms with Crippen molar-refractivity contribution in [2.24, 2.45) is 17.3 Å². The van der Waals surface area contributed by atoms with E-state index in [9.17, 15) is 19.8 Å². The van der Waals surface area contributed by atoms with Gasteiger partial charge in [0.15, 0.2) is 0 Å². The van der Waals surface area contributed by atoms with Crippen molar-refractivity contribution >= 4 is 11.9 Å². The zero-order valence-corrected chi connectivity index (χ0v) is 16.6. The molecule has 0 unspecified atom stereocenters. The predicted molar refractivity (Wildman–Crippen MR) is 100 cm³/mol. The van der Waals surface area contributed by atoms with Gasteiger partial charge in [0.2, 0.25) is 5.79 Å². The third-order valence-electron chi connectivity index (χ3n) is 7.40. The van der Waals surface area contributed by atoms with Crippen LogP contribution in [-0.2, 0) is 20.7 Å². The molecule has 6 atom stereocenters. The molecular formula is C22H28O6. The van der Waals surface area contributed by atoms with Crippen LogP contribution in [0.3, 0.4) is 0 Å². The van der Waals surface area contributed by atoms with E-state index in [1.165, 1.54) is 25.0 Å². The van der Waals surface area contributed by atoms with Crippen molar-refractivity contribution < 1.29 is 29.3 Å². The van der Waals surface area contributed by atoms with Crippen LogP contribution >= 0.6 is 0 Å². The summed E-state index contributed by atoms with van der Waals surface area (Å²) in [5, 5.41) is 21.8. The van der Waals surface area contributed by atoms with E-state index in [4.69, 9.17) is 9.47 Å². The normalized spacial score (nSPS) is 38.8. The number of hydrogen-bond acceptors (Lipinski definition) is 6. The van der Waals surface area contributed by atoms with Crippen LogP contribution in [0.15, 0.2) is 18.2 Å². The Labute approximate surface area is 164 Å². The lowest BCUT2D eigenvalue weighted by molar-refractivity contribution is -0.286. The third kappa shape index (κ3) is 2.77. The Balaban J connectivity index is 1.64. The maximum atomic E-state index is 11.6. The lowest BCUT2D eigenvalue weighted by Crippen LogP contribution is -2.56. The van der Waals surface area contributed by atoms with Gasteiger partial charge in [0.05, 0.1) is 0 Å². The summed E-state index contributed by atoms with van der Waals surface area (Å²) in [5.74, 6) is -1.43. The summed E-state index contributed by atoms with van der Waals surface area (Å²) in [4.78, 5) is 22.8. The molecule has 0 aliphatic heterocycles. The van der Waals surface area contributed by atoms with Crippen LogP contribution in [0.2, 0.25) is 0 Å². The second kappa shape index (κ2) is 6.56. The maximum Gasteiger partial charge on any atom is 0.308 e. The van der Waals surface area contributed by atoms with Crippen LogP contribution in [0.5, 0.6) is 5.75 Å². The fraction of sp³-hybridized carbons (Fsp3) is 0.636. The zero-order chi connectivity index (χ0) is 20.3. The summed E-state index contributed by atoms with van der Waals surface area (Å²) in [6.07, 6.45) is 2.68. The van der Waals surface area contributed by atoms with E-state index in [1.54, 1.807) is 0 Å². The van der Waals surface area contributed by atoms with E-state index >= 15 is 0 Å². The molecule has 0 bridgehead atoms. The summed E-state index contributed by atoms with van der Waals surface area (Å²) in [5.41, 5.74) is 1.82. The fourth-order valence-corrected chi connectivity index (χ4v) is 6.17. The molecule has 0 saturated heterocycles. The van der Waals surface area contributed by atoms with Crippen molar-refractivity contribution in [1.82, 2.24) is 0 Å². The topological polar surface area (TPSA) is 93.1 Å². The summed E-state index contributed by atoms with van der Waals surface area (Å²) in [7, 11) is 0. The smallest absolute Gasteiger partial charge is 0.308 e. The van der Waals surface area contributed by atoms with Crippen molar-refractivity contribution in [3.05, 3.63) is 29.3 Å². The average molecular weight is 388 g/mol. The van der Waals surface area contributed by atoms with Gasteiger partial charge in [-0.15, -0.1) is 0 Å². The van der Waals surface area contributed by atoms with Gasteiger partial charge in [0, 0.05) is 19.3 Å². The summed E-state index contributed by atoms with van der Waals surface area (Å²) >= 11 is 0. The first kappa shape index (κ1) is 19.4. The molecule has 2 saturated carbocycles. The van der Waals surface area contributed by atoms with E-state index in [-0.39, 0.29) is 11.9 Å². The molecule has 6 nitrogen and oxygen atoms in total. The Bertz CT molecular complexity index is 819. The molecule has 0 heterocycles. The van der Waals surface area contributed by atoms with E-state index in [0.717, 1.165) is 19.3 Å². The highest BCUT2D eigenvalue weighted by Gasteiger charge is 2.68. The standard InChI is InChI=1S/C22H28O6/c1-12(23)27-15-5-7-16-14(10-15)4-6-18-17(16)8-9-21(3)19(18)11-20(25)22(21,26)28-13(2)24/h5,7,10,17-20,25-26H,4,6,8-9,11H2,1-3H3/t17-,18-,19+,20-,21+,22+/m1/s1. The number of rotatable bonds is 2. The number of aryl methyl sites for hydroxylation is 1. The number of hydrogen-bond donors (Lipinski definition) is 2. The van der Waals surface area contributed by atoms with Gasteiger partial charge in [-0.3, -0.25) is 9.59 Å². The molecule has 4 rings (SSSR count). The van der Waals surface area contributed by atoms with Gasteiger partial charge in [-0.05, 0) is 73.1 Å². The number of aliphatic hydroxyl groups excluding tert-OH is 1. The number of esters is 2. The molecule has 6 heteroatoms. The van der Waals surface area contributed by atoms with Crippen LogP contribution in [0.25, 0.3) is 0 Å². The second-order valence-electron chi connectivity index (χ2n) is 8.87. The number of aliphatic hydroxyl groups is 2. The Kier molecular flexibility index (Phi) is 4.55. The van der Waals surface area contributed by atoms with Crippen LogP contribution < -0.4 is 4.74 Å². The molecule has 0 spiro atoms. The van der Waals surface area contributed by atoms with Gasteiger partial charge in [0.1, 0.15) is 11.9 Å². The highest BCUT2D eigenvalue weighted by atomic mass is 16.7. The molecule has 3 aliphatic carbocycles. The first-order chi connectivity index (χ1) is 13.2. The molecule has 3 aliphatic rings. The number of benzene rings is 1. The number of fused-ring (bicyclic) bond motifs is 5. The van der Waals surface area contributed by atoms with Gasteiger partial charge in [0.25, 0.3) is 0 Å². The summed E-state index contributed by atoms with van der Waals surface area (Å²) in [6, 6.07) is 5.85. The van der Waals surface area contributed by atoms with Gasteiger partial charge in [-0.2, -0.15) is 0 Å². The molecule has 0 aromatic heterocycles. The van der Waals surface area contributed by atoms with Gasteiger partial charge >= 0.3 is 11.9 Å². The van der Waals surface area contributed by atoms with Crippen LogP contribution in [-0.4, -0.2) is 34.0 Å².